The third-order valence-electron chi connectivity index (χ3n) is 2.74. The Balaban J connectivity index is 4.38. The zero-order chi connectivity index (χ0) is 13.7. The highest BCUT2D eigenvalue weighted by Crippen LogP contribution is 2.21. The molecule has 17 heavy (non-hydrogen) atoms. The standard InChI is InChI=1S/C13H25NO3/c1-6-8-13(5,11(16)17)14-10(15)7-9-12(2,3)4/h6-9H2,1-5H3,(H,14,15)(H,16,17). The van der Waals surface area contributed by atoms with Crippen LogP contribution in [0.2, 0.25) is 0 Å². The summed E-state index contributed by atoms with van der Waals surface area (Å²) >= 11 is 0. The van der Waals surface area contributed by atoms with Gasteiger partial charge in [-0.25, -0.2) is 4.79 Å². The summed E-state index contributed by atoms with van der Waals surface area (Å²) in [7, 11) is 0. The van der Waals surface area contributed by atoms with Gasteiger partial charge in [0.05, 0.1) is 0 Å². The highest BCUT2D eigenvalue weighted by molar-refractivity contribution is 5.86. The molecule has 4 nitrogen and oxygen atoms in total. The van der Waals surface area contributed by atoms with Crippen LogP contribution in [0.25, 0.3) is 0 Å². The quantitative estimate of drug-likeness (QED) is 0.753. The largest absolute Gasteiger partial charge is 0.480 e. The molecular formula is C13H25NO3. The molecule has 0 radical (unpaired) electrons. The number of carbonyl (C=O) groups excluding carboxylic acids is 1. The van der Waals surface area contributed by atoms with Gasteiger partial charge in [0.15, 0.2) is 0 Å². The van der Waals surface area contributed by atoms with Gasteiger partial charge in [-0.1, -0.05) is 34.1 Å². The summed E-state index contributed by atoms with van der Waals surface area (Å²) in [6, 6.07) is 0. The second-order valence-electron chi connectivity index (χ2n) is 6.00. The maximum Gasteiger partial charge on any atom is 0.329 e. The molecule has 0 saturated carbocycles. The Morgan fingerprint density at radius 1 is 1.12 bits per heavy atom. The number of carbonyl (C=O) groups is 2. The van der Waals surface area contributed by atoms with Crippen LogP contribution >= 0.6 is 0 Å². The molecule has 0 fully saturated rings. The van der Waals surface area contributed by atoms with Crippen molar-refractivity contribution in [3.8, 4) is 0 Å². The summed E-state index contributed by atoms with van der Waals surface area (Å²) in [4.78, 5) is 22.8. The first-order valence-corrected chi connectivity index (χ1v) is 6.15. The number of aliphatic carboxylic acids is 1. The number of rotatable bonds is 6. The molecule has 0 aromatic heterocycles. The van der Waals surface area contributed by atoms with E-state index in [-0.39, 0.29) is 11.3 Å². The van der Waals surface area contributed by atoms with Crippen molar-refractivity contribution >= 4 is 11.9 Å². The fourth-order valence-electron chi connectivity index (χ4n) is 1.58. The maximum absolute atomic E-state index is 11.7. The maximum atomic E-state index is 11.7. The SMILES string of the molecule is CCCC(C)(NC(=O)CCC(C)(C)C)C(=O)O. The number of hydrogen-bond acceptors (Lipinski definition) is 2. The number of carboxylic acid groups (broad SMARTS) is 1. The van der Waals surface area contributed by atoms with Gasteiger partial charge in [-0.05, 0) is 25.2 Å². The summed E-state index contributed by atoms with van der Waals surface area (Å²) in [6.07, 6.45) is 2.29. The van der Waals surface area contributed by atoms with Gasteiger partial charge in [0, 0.05) is 6.42 Å². The number of nitrogens with one attached hydrogen (secondary N) is 1. The van der Waals surface area contributed by atoms with E-state index in [1.165, 1.54) is 0 Å². The van der Waals surface area contributed by atoms with Gasteiger partial charge in [-0.15, -0.1) is 0 Å². The van der Waals surface area contributed by atoms with Gasteiger partial charge in [-0.3, -0.25) is 4.79 Å². The molecule has 0 spiro atoms. The lowest BCUT2D eigenvalue weighted by molar-refractivity contribution is -0.147. The first-order valence-electron chi connectivity index (χ1n) is 6.15. The third kappa shape index (κ3) is 6.29. The molecule has 100 valence electrons. The molecule has 0 aliphatic rings. The van der Waals surface area contributed by atoms with Crippen LogP contribution in [0.15, 0.2) is 0 Å². The molecule has 0 aliphatic heterocycles. The van der Waals surface area contributed by atoms with Crippen LogP contribution in [0.4, 0.5) is 0 Å². The highest BCUT2D eigenvalue weighted by atomic mass is 16.4. The fourth-order valence-corrected chi connectivity index (χ4v) is 1.58. The van der Waals surface area contributed by atoms with E-state index >= 15 is 0 Å². The Morgan fingerprint density at radius 3 is 2.00 bits per heavy atom. The summed E-state index contributed by atoms with van der Waals surface area (Å²) in [5.74, 6) is -1.15. The lowest BCUT2D eigenvalue weighted by Crippen LogP contribution is -2.52. The van der Waals surface area contributed by atoms with E-state index < -0.39 is 11.5 Å². The van der Waals surface area contributed by atoms with Gasteiger partial charge in [0.25, 0.3) is 0 Å². The van der Waals surface area contributed by atoms with E-state index in [2.05, 4.69) is 26.1 Å². The first-order chi connectivity index (χ1) is 7.60. The van der Waals surface area contributed by atoms with Crippen LogP contribution in [0.1, 0.15) is 60.3 Å². The van der Waals surface area contributed by atoms with Gasteiger partial charge in [-0.2, -0.15) is 0 Å². The first kappa shape index (κ1) is 15.9. The number of hydrogen-bond donors (Lipinski definition) is 2. The molecule has 0 rings (SSSR count). The Morgan fingerprint density at radius 2 is 1.65 bits per heavy atom. The summed E-state index contributed by atoms with van der Waals surface area (Å²) in [5.41, 5.74) is -1.05. The Bertz CT molecular complexity index is 281. The van der Waals surface area contributed by atoms with Crippen molar-refractivity contribution in [3.05, 3.63) is 0 Å². The molecular weight excluding hydrogens is 218 g/mol. The zero-order valence-electron chi connectivity index (χ0n) is 11.6. The Kier molecular flexibility index (Phi) is 5.66. The van der Waals surface area contributed by atoms with Crippen LogP contribution in [-0.4, -0.2) is 22.5 Å². The fraction of sp³-hybridized carbons (Fsp3) is 0.846. The van der Waals surface area contributed by atoms with Gasteiger partial charge in [0.1, 0.15) is 5.54 Å². The minimum Gasteiger partial charge on any atom is -0.480 e. The summed E-state index contributed by atoms with van der Waals surface area (Å²) < 4.78 is 0. The van der Waals surface area contributed by atoms with Crippen LogP contribution in [0.3, 0.4) is 0 Å². The van der Waals surface area contributed by atoms with Crippen molar-refractivity contribution in [2.45, 2.75) is 65.8 Å². The summed E-state index contributed by atoms with van der Waals surface area (Å²) in [6.45, 7) is 9.64. The van der Waals surface area contributed by atoms with Gasteiger partial charge in [0.2, 0.25) is 5.91 Å². The molecule has 0 saturated heterocycles. The monoisotopic (exact) mass is 243 g/mol. The third-order valence-corrected chi connectivity index (χ3v) is 2.74. The van der Waals surface area contributed by atoms with E-state index in [9.17, 15) is 9.59 Å². The van der Waals surface area contributed by atoms with Crippen LogP contribution in [0, 0.1) is 5.41 Å². The van der Waals surface area contributed by atoms with E-state index in [0.717, 1.165) is 12.8 Å². The normalized spacial score (nSPS) is 15.1. The smallest absolute Gasteiger partial charge is 0.329 e. The molecule has 1 atom stereocenters. The molecule has 0 aliphatic carbocycles. The van der Waals surface area contributed by atoms with Crippen molar-refractivity contribution in [1.82, 2.24) is 5.32 Å². The Hall–Kier alpha value is -1.06. The number of carboxylic acids is 1. The van der Waals surface area contributed by atoms with E-state index in [4.69, 9.17) is 5.11 Å². The molecule has 0 bridgehead atoms. The topological polar surface area (TPSA) is 66.4 Å². The molecule has 1 amide bonds. The Labute approximate surface area is 104 Å². The van der Waals surface area contributed by atoms with Crippen molar-refractivity contribution in [2.75, 3.05) is 0 Å². The van der Waals surface area contributed by atoms with E-state index in [1.807, 2.05) is 6.92 Å². The molecule has 0 aromatic rings. The van der Waals surface area contributed by atoms with Crippen LogP contribution in [-0.2, 0) is 9.59 Å². The van der Waals surface area contributed by atoms with Crippen LogP contribution in [0.5, 0.6) is 0 Å². The second kappa shape index (κ2) is 6.03. The molecule has 2 N–H and O–H groups in total. The molecule has 1 unspecified atom stereocenters. The molecule has 0 heterocycles. The lowest BCUT2D eigenvalue weighted by Gasteiger charge is -2.26. The average molecular weight is 243 g/mol. The second-order valence-corrected chi connectivity index (χ2v) is 6.00. The summed E-state index contributed by atoms with van der Waals surface area (Å²) in [5, 5.41) is 11.8. The highest BCUT2D eigenvalue weighted by Gasteiger charge is 2.33. The van der Waals surface area contributed by atoms with Gasteiger partial charge >= 0.3 is 5.97 Å². The van der Waals surface area contributed by atoms with Crippen molar-refractivity contribution in [3.63, 3.8) is 0 Å². The van der Waals surface area contributed by atoms with Crippen LogP contribution < -0.4 is 5.32 Å². The molecule has 0 aromatic carbocycles. The predicted octanol–water partition coefficient (Wildman–Crippen LogP) is 2.57. The van der Waals surface area contributed by atoms with E-state index in [1.54, 1.807) is 6.92 Å². The van der Waals surface area contributed by atoms with E-state index in [0.29, 0.717) is 12.8 Å². The molecule has 4 heteroatoms. The van der Waals surface area contributed by atoms with Gasteiger partial charge < -0.3 is 10.4 Å². The number of amides is 1. The minimum atomic E-state index is -1.14. The zero-order valence-corrected chi connectivity index (χ0v) is 11.6. The average Bonchev–Trinajstić information content (AvgIpc) is 2.13. The van der Waals surface area contributed by atoms with Crippen molar-refractivity contribution in [1.29, 1.82) is 0 Å². The predicted molar refractivity (Wildman–Crippen MR) is 67.8 cm³/mol. The minimum absolute atomic E-state index is 0.0850. The van der Waals surface area contributed by atoms with Crippen molar-refractivity contribution in [2.24, 2.45) is 5.41 Å². The van der Waals surface area contributed by atoms with Crippen molar-refractivity contribution < 1.29 is 14.7 Å². The lowest BCUT2D eigenvalue weighted by atomic mass is 9.90.